The standard InChI is InChI=1S/C20H25N5O2/c1-14-12-18(25-9-2-3-10-25)24-20(21-14)23-17-6-4-16(5-7-17)22-19(26)15-8-11-27-13-15/h4-7,12,15H,2-3,8-11,13H2,1H3,(H,22,26)(H,21,23,24)/t15-/m0/s1. The first-order valence-electron chi connectivity index (χ1n) is 9.54. The molecule has 2 fully saturated rings. The van der Waals surface area contributed by atoms with Gasteiger partial charge in [0.1, 0.15) is 5.82 Å². The molecule has 3 heterocycles. The lowest BCUT2D eigenvalue weighted by molar-refractivity contribution is -0.119. The number of amides is 1. The number of nitrogens with zero attached hydrogens (tertiary/aromatic N) is 3. The van der Waals surface area contributed by atoms with E-state index in [2.05, 4.69) is 25.5 Å². The molecule has 7 nitrogen and oxygen atoms in total. The second-order valence-corrected chi connectivity index (χ2v) is 7.14. The van der Waals surface area contributed by atoms with Crippen molar-refractivity contribution in [1.82, 2.24) is 9.97 Å². The number of anilines is 4. The molecule has 2 aliphatic heterocycles. The van der Waals surface area contributed by atoms with Crippen LogP contribution in [0, 0.1) is 12.8 Å². The number of carbonyl (C=O) groups excluding carboxylic acids is 1. The summed E-state index contributed by atoms with van der Waals surface area (Å²) in [6, 6.07) is 9.63. The molecule has 1 aromatic carbocycles. The minimum absolute atomic E-state index is 0.0190. The van der Waals surface area contributed by atoms with E-state index >= 15 is 0 Å². The second kappa shape index (κ2) is 7.92. The van der Waals surface area contributed by atoms with E-state index in [1.54, 1.807) is 0 Å². The quantitative estimate of drug-likeness (QED) is 0.845. The van der Waals surface area contributed by atoms with Gasteiger partial charge >= 0.3 is 0 Å². The fourth-order valence-electron chi connectivity index (χ4n) is 3.47. The first-order chi connectivity index (χ1) is 13.2. The number of nitrogens with one attached hydrogen (secondary N) is 2. The first-order valence-corrected chi connectivity index (χ1v) is 9.54. The number of aryl methyl sites for hydroxylation is 1. The van der Waals surface area contributed by atoms with Gasteiger partial charge in [0, 0.05) is 42.8 Å². The molecule has 0 bridgehead atoms. The van der Waals surface area contributed by atoms with Gasteiger partial charge in [-0.2, -0.15) is 4.98 Å². The Kier molecular flexibility index (Phi) is 5.20. The molecule has 0 saturated carbocycles. The number of hydrogen-bond donors (Lipinski definition) is 2. The van der Waals surface area contributed by atoms with Crippen LogP contribution in [0.1, 0.15) is 25.0 Å². The van der Waals surface area contributed by atoms with Crippen molar-refractivity contribution in [2.45, 2.75) is 26.2 Å². The van der Waals surface area contributed by atoms with Crippen molar-refractivity contribution in [1.29, 1.82) is 0 Å². The van der Waals surface area contributed by atoms with E-state index in [4.69, 9.17) is 4.74 Å². The number of carbonyl (C=O) groups is 1. The molecule has 1 atom stereocenters. The lowest BCUT2D eigenvalue weighted by Crippen LogP contribution is -2.22. The lowest BCUT2D eigenvalue weighted by atomic mass is 10.1. The van der Waals surface area contributed by atoms with Gasteiger partial charge in [0.15, 0.2) is 0 Å². The van der Waals surface area contributed by atoms with Gasteiger partial charge in [-0.15, -0.1) is 0 Å². The Morgan fingerprint density at radius 1 is 1.15 bits per heavy atom. The zero-order valence-corrected chi connectivity index (χ0v) is 15.6. The van der Waals surface area contributed by atoms with Crippen LogP contribution in [0.5, 0.6) is 0 Å². The van der Waals surface area contributed by atoms with Crippen LogP contribution in [0.2, 0.25) is 0 Å². The Labute approximate surface area is 159 Å². The Morgan fingerprint density at radius 2 is 1.89 bits per heavy atom. The Hall–Kier alpha value is -2.67. The molecule has 7 heteroatoms. The van der Waals surface area contributed by atoms with Gasteiger partial charge in [-0.25, -0.2) is 4.98 Å². The van der Waals surface area contributed by atoms with Crippen LogP contribution in [0.15, 0.2) is 30.3 Å². The number of aromatic nitrogens is 2. The molecule has 1 aromatic heterocycles. The van der Waals surface area contributed by atoms with E-state index in [0.29, 0.717) is 19.2 Å². The molecule has 1 amide bonds. The number of rotatable bonds is 5. The highest BCUT2D eigenvalue weighted by Gasteiger charge is 2.23. The van der Waals surface area contributed by atoms with Gasteiger partial charge in [0.25, 0.3) is 0 Å². The largest absolute Gasteiger partial charge is 0.381 e. The highest BCUT2D eigenvalue weighted by molar-refractivity contribution is 5.93. The van der Waals surface area contributed by atoms with Crippen molar-refractivity contribution in [3.8, 4) is 0 Å². The summed E-state index contributed by atoms with van der Waals surface area (Å²) in [6.07, 6.45) is 3.22. The van der Waals surface area contributed by atoms with Crippen LogP contribution < -0.4 is 15.5 Å². The van der Waals surface area contributed by atoms with Crippen LogP contribution in [-0.4, -0.2) is 42.2 Å². The van der Waals surface area contributed by atoms with Crippen LogP contribution in [0.4, 0.5) is 23.1 Å². The van der Waals surface area contributed by atoms with Gasteiger partial charge in [0.05, 0.1) is 12.5 Å². The third kappa shape index (κ3) is 4.36. The zero-order valence-electron chi connectivity index (χ0n) is 15.6. The normalized spacial score (nSPS) is 19.3. The van der Waals surface area contributed by atoms with Gasteiger partial charge < -0.3 is 20.3 Å². The number of benzene rings is 1. The fourth-order valence-corrected chi connectivity index (χ4v) is 3.47. The van der Waals surface area contributed by atoms with Crippen molar-refractivity contribution < 1.29 is 9.53 Å². The first kappa shape index (κ1) is 17.7. The second-order valence-electron chi connectivity index (χ2n) is 7.14. The summed E-state index contributed by atoms with van der Waals surface area (Å²) in [7, 11) is 0. The molecule has 0 aliphatic carbocycles. The number of ether oxygens (including phenoxy) is 1. The van der Waals surface area contributed by atoms with E-state index in [-0.39, 0.29) is 11.8 Å². The monoisotopic (exact) mass is 367 g/mol. The maximum atomic E-state index is 12.2. The summed E-state index contributed by atoms with van der Waals surface area (Å²) in [5.41, 5.74) is 2.60. The fraction of sp³-hybridized carbons (Fsp3) is 0.450. The summed E-state index contributed by atoms with van der Waals surface area (Å²) in [5.74, 6) is 1.54. The molecule has 0 unspecified atom stereocenters. The van der Waals surface area contributed by atoms with Gasteiger partial charge in [-0.05, 0) is 50.5 Å². The predicted molar refractivity (Wildman–Crippen MR) is 105 cm³/mol. The van der Waals surface area contributed by atoms with Crippen molar-refractivity contribution in [2.75, 3.05) is 41.8 Å². The van der Waals surface area contributed by atoms with E-state index in [1.165, 1.54) is 12.8 Å². The minimum atomic E-state index is -0.0486. The molecule has 4 rings (SSSR count). The van der Waals surface area contributed by atoms with E-state index in [9.17, 15) is 4.79 Å². The summed E-state index contributed by atoms with van der Waals surface area (Å²) < 4.78 is 5.27. The highest BCUT2D eigenvalue weighted by Crippen LogP contribution is 2.23. The topological polar surface area (TPSA) is 79.4 Å². The smallest absolute Gasteiger partial charge is 0.229 e. The third-order valence-electron chi connectivity index (χ3n) is 4.98. The van der Waals surface area contributed by atoms with Crippen LogP contribution in [0.3, 0.4) is 0 Å². The van der Waals surface area contributed by atoms with Crippen molar-refractivity contribution in [3.05, 3.63) is 36.0 Å². The molecule has 2 aliphatic rings. The maximum absolute atomic E-state index is 12.2. The van der Waals surface area contributed by atoms with Crippen LogP contribution in [-0.2, 0) is 9.53 Å². The van der Waals surface area contributed by atoms with Gasteiger partial charge in [-0.3, -0.25) is 4.79 Å². The summed E-state index contributed by atoms with van der Waals surface area (Å²) in [5, 5.41) is 6.21. The molecule has 142 valence electrons. The van der Waals surface area contributed by atoms with Crippen molar-refractivity contribution >= 4 is 29.0 Å². The SMILES string of the molecule is Cc1cc(N2CCCC2)nc(Nc2ccc(NC(=O)[C@H]3CCOC3)cc2)n1. The molecule has 0 spiro atoms. The van der Waals surface area contributed by atoms with Crippen molar-refractivity contribution in [2.24, 2.45) is 5.92 Å². The van der Waals surface area contributed by atoms with Crippen molar-refractivity contribution in [3.63, 3.8) is 0 Å². The molecule has 2 N–H and O–H groups in total. The number of hydrogen-bond acceptors (Lipinski definition) is 6. The summed E-state index contributed by atoms with van der Waals surface area (Å²) in [4.78, 5) is 23.6. The summed E-state index contributed by atoms with van der Waals surface area (Å²) >= 11 is 0. The minimum Gasteiger partial charge on any atom is -0.381 e. The van der Waals surface area contributed by atoms with E-state index in [1.807, 2.05) is 37.3 Å². The predicted octanol–water partition coefficient (Wildman–Crippen LogP) is 3.10. The molecular formula is C20H25N5O2. The van der Waals surface area contributed by atoms with Crippen LogP contribution in [0.25, 0.3) is 0 Å². The van der Waals surface area contributed by atoms with Gasteiger partial charge in [-0.1, -0.05) is 0 Å². The molecular weight excluding hydrogens is 342 g/mol. The molecule has 2 aromatic rings. The highest BCUT2D eigenvalue weighted by atomic mass is 16.5. The molecule has 0 radical (unpaired) electrons. The van der Waals surface area contributed by atoms with Crippen LogP contribution >= 0.6 is 0 Å². The Bertz CT molecular complexity index is 797. The average Bonchev–Trinajstić information content (AvgIpc) is 3.37. The third-order valence-corrected chi connectivity index (χ3v) is 4.98. The molecule has 27 heavy (non-hydrogen) atoms. The lowest BCUT2D eigenvalue weighted by Gasteiger charge is -2.17. The zero-order chi connectivity index (χ0) is 18.6. The Morgan fingerprint density at radius 3 is 2.59 bits per heavy atom. The maximum Gasteiger partial charge on any atom is 0.229 e. The molecule has 2 saturated heterocycles. The van der Waals surface area contributed by atoms with E-state index in [0.717, 1.165) is 42.4 Å². The Balaban J connectivity index is 1.41. The average molecular weight is 367 g/mol. The van der Waals surface area contributed by atoms with Gasteiger partial charge in [0.2, 0.25) is 11.9 Å². The van der Waals surface area contributed by atoms with E-state index < -0.39 is 0 Å². The summed E-state index contributed by atoms with van der Waals surface area (Å²) in [6.45, 7) is 5.26.